The van der Waals surface area contributed by atoms with E-state index in [4.69, 9.17) is 5.11 Å². The van der Waals surface area contributed by atoms with Crippen molar-refractivity contribution in [2.45, 2.75) is 192 Å². The van der Waals surface area contributed by atoms with Crippen LogP contribution in [-0.4, -0.2) is 109 Å². The topological polar surface area (TPSA) is 320 Å². The van der Waals surface area contributed by atoms with Crippen molar-refractivity contribution < 1.29 is 73.5 Å². The summed E-state index contributed by atoms with van der Waals surface area (Å²) in [4.78, 5) is 119. The molecule has 4 atom stereocenters. The molecule has 0 saturated carbocycles. The minimum atomic E-state index is -1.59. The second-order valence-corrected chi connectivity index (χ2v) is 15.5. The normalized spacial score (nSPS) is 13.0. The number of amides is 4. The summed E-state index contributed by atoms with van der Waals surface area (Å²) in [6.07, 6.45) is 11.5. The van der Waals surface area contributed by atoms with E-state index in [1.165, 1.54) is 19.3 Å². The number of Topliss-reactive ketones (excluding diaryl/α,β-unsaturated/α-hetero) is 1. The van der Waals surface area contributed by atoms with Gasteiger partial charge in [0.2, 0.25) is 23.6 Å². The number of rotatable bonds is 38. The first-order valence-corrected chi connectivity index (χ1v) is 21.2. The highest BCUT2D eigenvalue weighted by molar-refractivity contribution is 5.88. The molecule has 0 aliphatic heterocycles. The molecule has 0 unspecified atom stereocenters. The zero-order chi connectivity index (χ0) is 45.5. The number of hydrogen-bond donors (Lipinski definition) is 9. The Morgan fingerprint density at radius 2 is 0.567 bits per heavy atom. The smallest absolute Gasteiger partial charge is 0.326 e. The van der Waals surface area contributed by atoms with Crippen LogP contribution in [-0.2, 0) is 47.9 Å². The van der Waals surface area contributed by atoms with Crippen LogP contribution in [0.1, 0.15) is 168 Å². The van der Waals surface area contributed by atoms with Crippen LogP contribution in [0.5, 0.6) is 0 Å². The molecule has 0 fully saturated rings. The van der Waals surface area contributed by atoms with E-state index in [1.54, 1.807) is 13.8 Å². The molecule has 4 amide bonds. The summed E-state index contributed by atoms with van der Waals surface area (Å²) in [6, 6.07) is -5.96. The summed E-state index contributed by atoms with van der Waals surface area (Å²) in [6.45, 7) is 3.30. The summed E-state index contributed by atoms with van der Waals surface area (Å²) in [5.41, 5.74) is 0. The Balaban J connectivity index is 4.52. The van der Waals surface area contributed by atoms with Crippen molar-refractivity contribution in [1.82, 2.24) is 21.3 Å². The Labute approximate surface area is 351 Å². The van der Waals surface area contributed by atoms with E-state index >= 15 is 0 Å². The standard InChI is InChI=1S/C41H68N4O15/c1-27(2)32(46)23-19-28(38(53)54)43-34(48)25-21-30(40(57)58)45-36(50)26-22-31(41(59)60)44-35(49)24-20-29(39(55)56)42-33(47)17-15-13-11-9-7-5-3-4-6-8-10-12-14-16-18-37(51)52/h27-31H,3-26H2,1-2H3,(H,42,47)(H,43,48)(H,44,49)(H,45,50)(H,51,52)(H,53,54)(H,55,56)(H,57,58)(H,59,60)/t28-,29-,30-,31-/m0/s1. The zero-order valence-electron chi connectivity index (χ0n) is 35.2. The van der Waals surface area contributed by atoms with Crippen molar-refractivity contribution in [2.75, 3.05) is 0 Å². The number of carboxylic acid groups (broad SMARTS) is 5. The lowest BCUT2D eigenvalue weighted by Crippen LogP contribution is -2.45. The first-order valence-electron chi connectivity index (χ1n) is 21.2. The predicted octanol–water partition coefficient (Wildman–Crippen LogP) is 3.94. The maximum atomic E-state index is 12.5. The quantitative estimate of drug-likeness (QED) is 0.0397. The summed E-state index contributed by atoms with van der Waals surface area (Å²) < 4.78 is 0. The van der Waals surface area contributed by atoms with E-state index in [1.807, 2.05) is 0 Å². The highest BCUT2D eigenvalue weighted by atomic mass is 16.4. The highest BCUT2D eigenvalue weighted by Gasteiger charge is 2.27. The van der Waals surface area contributed by atoms with Gasteiger partial charge in [-0.05, 0) is 38.5 Å². The molecule has 0 radical (unpaired) electrons. The Morgan fingerprint density at radius 1 is 0.333 bits per heavy atom. The molecular weight excluding hydrogens is 788 g/mol. The van der Waals surface area contributed by atoms with Crippen LogP contribution >= 0.6 is 0 Å². The van der Waals surface area contributed by atoms with Gasteiger partial charge in [0.05, 0.1) is 0 Å². The molecule has 0 saturated heterocycles. The molecule has 0 aliphatic rings. The number of carboxylic acids is 5. The second-order valence-electron chi connectivity index (χ2n) is 15.5. The lowest BCUT2D eigenvalue weighted by atomic mass is 10.0. The molecular formula is C41H68N4O15. The van der Waals surface area contributed by atoms with Gasteiger partial charge in [0, 0.05) is 44.4 Å². The third-order valence-corrected chi connectivity index (χ3v) is 9.88. The summed E-state index contributed by atoms with van der Waals surface area (Å²) in [5.74, 6) is -10.1. The number of carbonyl (C=O) groups is 10. The zero-order valence-corrected chi connectivity index (χ0v) is 35.2. The van der Waals surface area contributed by atoms with Crippen LogP contribution in [0, 0.1) is 5.92 Å². The molecule has 9 N–H and O–H groups in total. The van der Waals surface area contributed by atoms with Crippen LogP contribution in [0.25, 0.3) is 0 Å². The molecule has 0 aromatic carbocycles. The molecule has 0 aromatic rings. The molecule has 0 spiro atoms. The summed E-state index contributed by atoms with van der Waals surface area (Å²) >= 11 is 0. The lowest BCUT2D eigenvalue weighted by molar-refractivity contribution is -0.144. The largest absolute Gasteiger partial charge is 0.481 e. The number of aliphatic carboxylic acids is 5. The molecule has 0 bridgehead atoms. The maximum Gasteiger partial charge on any atom is 0.326 e. The fourth-order valence-electron chi connectivity index (χ4n) is 6.18. The Morgan fingerprint density at radius 3 is 0.817 bits per heavy atom. The van der Waals surface area contributed by atoms with Crippen LogP contribution < -0.4 is 21.3 Å². The third kappa shape index (κ3) is 29.2. The molecule has 342 valence electrons. The van der Waals surface area contributed by atoms with Crippen molar-refractivity contribution in [3.05, 3.63) is 0 Å². The number of unbranched alkanes of at least 4 members (excludes halogenated alkanes) is 13. The first kappa shape index (κ1) is 54.9. The Bertz CT molecular complexity index is 1400. The summed E-state index contributed by atoms with van der Waals surface area (Å²) in [7, 11) is 0. The average molecular weight is 857 g/mol. The van der Waals surface area contributed by atoms with E-state index in [0.717, 1.165) is 64.2 Å². The minimum Gasteiger partial charge on any atom is -0.481 e. The SMILES string of the molecule is CC(C)C(=O)CC[C@H](NC(=O)CC[C@H](NC(=O)CC[C@H](NC(=O)CC[C@H](NC(=O)CCCCCCCCCCCCCCCCC(=O)O)C(=O)O)C(=O)O)C(=O)O)C(=O)O. The maximum absolute atomic E-state index is 12.5. The lowest BCUT2D eigenvalue weighted by Gasteiger charge is -2.18. The number of carbonyl (C=O) groups excluding carboxylic acids is 5. The van der Waals surface area contributed by atoms with Crippen molar-refractivity contribution in [2.24, 2.45) is 5.92 Å². The van der Waals surface area contributed by atoms with Crippen molar-refractivity contribution in [1.29, 1.82) is 0 Å². The molecule has 0 aromatic heterocycles. The van der Waals surface area contributed by atoms with Gasteiger partial charge in [-0.25, -0.2) is 19.2 Å². The Kier molecular flexibility index (Phi) is 29.9. The first-order chi connectivity index (χ1) is 28.3. The van der Waals surface area contributed by atoms with E-state index in [9.17, 15) is 68.4 Å². The molecule has 0 aliphatic carbocycles. The molecule has 0 rings (SSSR count). The number of ketones is 1. The van der Waals surface area contributed by atoms with Crippen molar-refractivity contribution >= 4 is 59.3 Å². The van der Waals surface area contributed by atoms with Gasteiger partial charge >= 0.3 is 29.8 Å². The minimum absolute atomic E-state index is 0.0888. The van der Waals surface area contributed by atoms with Gasteiger partial charge < -0.3 is 46.8 Å². The predicted molar refractivity (Wildman–Crippen MR) is 217 cm³/mol. The average Bonchev–Trinajstić information content (AvgIpc) is 3.17. The molecule has 60 heavy (non-hydrogen) atoms. The fraction of sp³-hybridized carbons (Fsp3) is 0.756. The monoisotopic (exact) mass is 856 g/mol. The van der Waals surface area contributed by atoms with Gasteiger partial charge in [-0.3, -0.25) is 28.8 Å². The van der Waals surface area contributed by atoms with E-state index in [2.05, 4.69) is 21.3 Å². The van der Waals surface area contributed by atoms with E-state index in [0.29, 0.717) is 6.42 Å². The van der Waals surface area contributed by atoms with Crippen LogP contribution in [0.2, 0.25) is 0 Å². The van der Waals surface area contributed by atoms with Gasteiger partial charge in [0.15, 0.2) is 0 Å². The van der Waals surface area contributed by atoms with Gasteiger partial charge in [0.1, 0.15) is 30.0 Å². The second kappa shape index (κ2) is 32.7. The van der Waals surface area contributed by atoms with Gasteiger partial charge in [-0.1, -0.05) is 90.9 Å². The summed E-state index contributed by atoms with van der Waals surface area (Å²) in [5, 5.41) is 55.7. The molecule has 19 nitrogen and oxygen atoms in total. The van der Waals surface area contributed by atoms with Crippen LogP contribution in [0.4, 0.5) is 0 Å². The number of hydrogen-bond acceptors (Lipinski definition) is 10. The fourth-order valence-corrected chi connectivity index (χ4v) is 6.18. The van der Waals surface area contributed by atoms with Crippen LogP contribution in [0.3, 0.4) is 0 Å². The molecule has 0 heterocycles. The highest BCUT2D eigenvalue weighted by Crippen LogP contribution is 2.14. The molecule has 19 heteroatoms. The van der Waals surface area contributed by atoms with E-state index in [-0.39, 0.29) is 43.8 Å². The van der Waals surface area contributed by atoms with Crippen LogP contribution in [0.15, 0.2) is 0 Å². The van der Waals surface area contributed by atoms with Crippen molar-refractivity contribution in [3.8, 4) is 0 Å². The van der Waals surface area contributed by atoms with Crippen molar-refractivity contribution in [3.63, 3.8) is 0 Å². The van der Waals surface area contributed by atoms with E-state index < -0.39 is 110 Å². The number of nitrogens with one attached hydrogen (secondary N) is 4. The van der Waals surface area contributed by atoms with Gasteiger partial charge in [-0.2, -0.15) is 0 Å². The van der Waals surface area contributed by atoms with Gasteiger partial charge in [-0.15, -0.1) is 0 Å². The van der Waals surface area contributed by atoms with Gasteiger partial charge in [0.25, 0.3) is 0 Å². The third-order valence-electron chi connectivity index (χ3n) is 9.88. The Hall–Kier alpha value is -5.10.